The van der Waals surface area contributed by atoms with Crippen LogP contribution >= 0.6 is 0 Å². The molecule has 2 aromatic rings. The summed E-state index contributed by atoms with van der Waals surface area (Å²) in [5.74, 6) is 0.921. The molecule has 1 N–H and O–H groups in total. The molecule has 2 rings (SSSR count). The van der Waals surface area contributed by atoms with Gasteiger partial charge in [-0.05, 0) is 49.7 Å². The SMILES string of the molecule is CCCNCc1cccnc1Oc1ccc(F)c(C)c1. The Morgan fingerprint density at radius 1 is 1.30 bits per heavy atom. The predicted octanol–water partition coefficient (Wildman–Crippen LogP) is 3.82. The average Bonchev–Trinajstić information content (AvgIpc) is 2.45. The fraction of sp³-hybridized carbons (Fsp3) is 0.312. The van der Waals surface area contributed by atoms with E-state index in [1.807, 2.05) is 12.1 Å². The van der Waals surface area contributed by atoms with Crippen molar-refractivity contribution in [2.45, 2.75) is 26.8 Å². The lowest BCUT2D eigenvalue weighted by Crippen LogP contribution is -2.14. The maximum Gasteiger partial charge on any atom is 0.223 e. The van der Waals surface area contributed by atoms with Crippen molar-refractivity contribution in [2.75, 3.05) is 6.54 Å². The molecule has 0 saturated heterocycles. The van der Waals surface area contributed by atoms with Crippen molar-refractivity contribution >= 4 is 0 Å². The molecule has 0 spiro atoms. The van der Waals surface area contributed by atoms with Crippen molar-refractivity contribution in [3.63, 3.8) is 0 Å². The maximum absolute atomic E-state index is 13.2. The molecule has 3 nitrogen and oxygen atoms in total. The van der Waals surface area contributed by atoms with E-state index in [9.17, 15) is 4.39 Å². The zero-order chi connectivity index (χ0) is 14.4. The molecule has 106 valence electrons. The molecule has 0 amide bonds. The van der Waals surface area contributed by atoms with E-state index in [1.165, 1.54) is 6.07 Å². The minimum absolute atomic E-state index is 0.233. The van der Waals surface area contributed by atoms with Crippen molar-refractivity contribution in [2.24, 2.45) is 0 Å². The molecule has 0 saturated carbocycles. The van der Waals surface area contributed by atoms with Gasteiger partial charge in [0.05, 0.1) is 0 Å². The molecule has 0 fully saturated rings. The van der Waals surface area contributed by atoms with Crippen molar-refractivity contribution in [3.8, 4) is 11.6 Å². The van der Waals surface area contributed by atoms with E-state index in [0.717, 1.165) is 18.5 Å². The molecule has 4 heteroatoms. The standard InChI is InChI=1S/C16H19FN2O/c1-3-8-18-11-13-5-4-9-19-16(13)20-14-6-7-15(17)12(2)10-14/h4-7,9-10,18H,3,8,11H2,1-2H3. The molecule has 0 atom stereocenters. The zero-order valence-electron chi connectivity index (χ0n) is 11.8. The Hall–Kier alpha value is -1.94. The molecular weight excluding hydrogens is 255 g/mol. The Balaban J connectivity index is 2.13. The number of halogens is 1. The summed E-state index contributed by atoms with van der Waals surface area (Å²) in [4.78, 5) is 4.25. The summed E-state index contributed by atoms with van der Waals surface area (Å²) in [6.07, 6.45) is 2.77. The van der Waals surface area contributed by atoms with Crippen LogP contribution in [-0.4, -0.2) is 11.5 Å². The molecule has 1 heterocycles. The molecule has 1 aromatic heterocycles. The first-order valence-electron chi connectivity index (χ1n) is 6.79. The molecule has 0 aliphatic rings. The van der Waals surface area contributed by atoms with Gasteiger partial charge in [-0.2, -0.15) is 0 Å². The number of hydrogen-bond donors (Lipinski definition) is 1. The lowest BCUT2D eigenvalue weighted by Gasteiger charge is -2.11. The lowest BCUT2D eigenvalue weighted by atomic mass is 10.2. The Kier molecular flexibility index (Phi) is 5.07. The number of rotatable bonds is 6. The van der Waals surface area contributed by atoms with Gasteiger partial charge in [-0.25, -0.2) is 9.37 Å². The summed E-state index contributed by atoms with van der Waals surface area (Å²) >= 11 is 0. The van der Waals surface area contributed by atoms with E-state index < -0.39 is 0 Å². The highest BCUT2D eigenvalue weighted by Gasteiger charge is 2.07. The Morgan fingerprint density at radius 2 is 2.15 bits per heavy atom. The lowest BCUT2D eigenvalue weighted by molar-refractivity contribution is 0.450. The molecule has 0 aliphatic heterocycles. The highest BCUT2D eigenvalue weighted by molar-refractivity contribution is 5.34. The van der Waals surface area contributed by atoms with Crippen molar-refractivity contribution < 1.29 is 9.13 Å². The van der Waals surface area contributed by atoms with Crippen LogP contribution in [0.3, 0.4) is 0 Å². The highest BCUT2D eigenvalue weighted by atomic mass is 19.1. The highest BCUT2D eigenvalue weighted by Crippen LogP contribution is 2.24. The van der Waals surface area contributed by atoms with Crippen molar-refractivity contribution in [1.82, 2.24) is 10.3 Å². The van der Waals surface area contributed by atoms with Gasteiger partial charge < -0.3 is 10.1 Å². The van der Waals surface area contributed by atoms with Crippen LogP contribution in [0, 0.1) is 12.7 Å². The maximum atomic E-state index is 13.2. The smallest absolute Gasteiger partial charge is 0.223 e. The van der Waals surface area contributed by atoms with E-state index in [4.69, 9.17) is 4.74 Å². The van der Waals surface area contributed by atoms with Crippen LogP contribution in [0.25, 0.3) is 0 Å². The van der Waals surface area contributed by atoms with Crippen LogP contribution in [0.5, 0.6) is 11.6 Å². The van der Waals surface area contributed by atoms with Crippen LogP contribution in [0.1, 0.15) is 24.5 Å². The minimum atomic E-state index is -0.233. The van der Waals surface area contributed by atoms with E-state index in [0.29, 0.717) is 23.7 Å². The Morgan fingerprint density at radius 3 is 2.90 bits per heavy atom. The number of nitrogens with one attached hydrogen (secondary N) is 1. The quantitative estimate of drug-likeness (QED) is 0.813. The van der Waals surface area contributed by atoms with Crippen LogP contribution in [0.4, 0.5) is 4.39 Å². The van der Waals surface area contributed by atoms with Gasteiger partial charge in [-0.1, -0.05) is 13.0 Å². The van der Waals surface area contributed by atoms with Gasteiger partial charge in [-0.3, -0.25) is 0 Å². The van der Waals surface area contributed by atoms with Crippen molar-refractivity contribution in [3.05, 3.63) is 53.5 Å². The second-order valence-electron chi connectivity index (χ2n) is 4.66. The summed E-state index contributed by atoms with van der Waals surface area (Å²) in [5.41, 5.74) is 1.55. The first kappa shape index (κ1) is 14.5. The first-order chi connectivity index (χ1) is 9.70. The van der Waals surface area contributed by atoms with E-state index in [1.54, 1.807) is 25.3 Å². The van der Waals surface area contributed by atoms with Gasteiger partial charge in [0.15, 0.2) is 0 Å². The number of aromatic nitrogens is 1. The molecule has 0 bridgehead atoms. The van der Waals surface area contributed by atoms with Gasteiger partial charge >= 0.3 is 0 Å². The second-order valence-corrected chi connectivity index (χ2v) is 4.66. The average molecular weight is 274 g/mol. The Bertz CT molecular complexity index is 572. The summed E-state index contributed by atoms with van der Waals surface area (Å²) in [7, 11) is 0. The molecule has 1 aromatic carbocycles. The number of ether oxygens (including phenoxy) is 1. The fourth-order valence-corrected chi connectivity index (χ4v) is 1.84. The first-order valence-corrected chi connectivity index (χ1v) is 6.79. The fourth-order valence-electron chi connectivity index (χ4n) is 1.84. The van der Waals surface area contributed by atoms with Gasteiger partial charge in [0.25, 0.3) is 0 Å². The number of benzene rings is 1. The summed E-state index contributed by atoms with van der Waals surface area (Å²) in [6, 6.07) is 8.54. The van der Waals surface area contributed by atoms with Crippen LogP contribution in [0.2, 0.25) is 0 Å². The van der Waals surface area contributed by atoms with Crippen LogP contribution < -0.4 is 10.1 Å². The number of aryl methyl sites for hydroxylation is 1. The Labute approximate surface area is 118 Å². The van der Waals surface area contributed by atoms with E-state index >= 15 is 0 Å². The zero-order valence-corrected chi connectivity index (χ0v) is 11.8. The van der Waals surface area contributed by atoms with E-state index in [-0.39, 0.29) is 5.82 Å². The normalized spacial score (nSPS) is 10.6. The van der Waals surface area contributed by atoms with Crippen molar-refractivity contribution in [1.29, 1.82) is 0 Å². The third-order valence-electron chi connectivity index (χ3n) is 2.94. The van der Waals surface area contributed by atoms with Crippen LogP contribution in [-0.2, 0) is 6.54 Å². The molecular formula is C16H19FN2O. The molecule has 0 aliphatic carbocycles. The van der Waals surface area contributed by atoms with Crippen LogP contribution in [0.15, 0.2) is 36.5 Å². The monoisotopic (exact) mass is 274 g/mol. The second kappa shape index (κ2) is 7.01. The number of nitrogens with zero attached hydrogens (tertiary/aromatic N) is 1. The predicted molar refractivity (Wildman–Crippen MR) is 77.4 cm³/mol. The summed E-state index contributed by atoms with van der Waals surface area (Å²) in [5, 5.41) is 3.32. The van der Waals surface area contributed by atoms with E-state index in [2.05, 4.69) is 17.2 Å². The molecule has 20 heavy (non-hydrogen) atoms. The third kappa shape index (κ3) is 3.78. The largest absolute Gasteiger partial charge is 0.439 e. The summed E-state index contributed by atoms with van der Waals surface area (Å²) in [6.45, 7) is 5.49. The third-order valence-corrected chi connectivity index (χ3v) is 2.94. The summed E-state index contributed by atoms with van der Waals surface area (Å²) < 4.78 is 19.0. The van der Waals surface area contributed by atoms with Gasteiger partial charge in [0, 0.05) is 18.3 Å². The van der Waals surface area contributed by atoms with Gasteiger partial charge in [-0.15, -0.1) is 0 Å². The number of pyridine rings is 1. The number of hydrogen-bond acceptors (Lipinski definition) is 3. The molecule has 0 unspecified atom stereocenters. The molecule has 0 radical (unpaired) electrons. The minimum Gasteiger partial charge on any atom is -0.439 e. The van der Waals surface area contributed by atoms with Gasteiger partial charge in [0.1, 0.15) is 11.6 Å². The van der Waals surface area contributed by atoms with Gasteiger partial charge in [0.2, 0.25) is 5.88 Å². The topological polar surface area (TPSA) is 34.2 Å².